The van der Waals surface area contributed by atoms with Gasteiger partial charge in [0.15, 0.2) is 5.16 Å². The largest absolute Gasteiger partial charge is 0.376 e. The second-order valence-electron chi connectivity index (χ2n) is 7.81. The fourth-order valence-corrected chi connectivity index (χ4v) is 4.92. The Hall–Kier alpha value is -1.90. The van der Waals surface area contributed by atoms with Crippen molar-refractivity contribution in [3.8, 4) is 0 Å². The molecule has 2 aliphatic rings. The number of amides is 1. The van der Waals surface area contributed by atoms with Gasteiger partial charge in [-0.25, -0.2) is 4.98 Å². The maximum Gasteiger partial charge on any atom is 0.262 e. The number of aromatic nitrogens is 2. The van der Waals surface area contributed by atoms with E-state index in [1.807, 2.05) is 36.9 Å². The summed E-state index contributed by atoms with van der Waals surface area (Å²) in [4.78, 5) is 32.4. The summed E-state index contributed by atoms with van der Waals surface area (Å²) in [5.41, 5.74) is 0.583. The van der Waals surface area contributed by atoms with E-state index in [4.69, 9.17) is 14.5 Å². The van der Waals surface area contributed by atoms with Crippen molar-refractivity contribution >= 4 is 28.6 Å². The van der Waals surface area contributed by atoms with Crippen LogP contribution in [0.15, 0.2) is 34.2 Å². The summed E-state index contributed by atoms with van der Waals surface area (Å²) in [7, 11) is 0. The Morgan fingerprint density at radius 3 is 2.72 bits per heavy atom. The molecule has 0 bridgehead atoms. The van der Waals surface area contributed by atoms with Gasteiger partial charge < -0.3 is 14.4 Å². The fourth-order valence-electron chi connectivity index (χ4n) is 4.01. The van der Waals surface area contributed by atoms with E-state index in [0.29, 0.717) is 35.7 Å². The molecule has 0 aliphatic carbocycles. The highest BCUT2D eigenvalue weighted by atomic mass is 32.2. The Balaban J connectivity index is 1.56. The van der Waals surface area contributed by atoms with Gasteiger partial charge in [-0.1, -0.05) is 23.9 Å². The zero-order chi connectivity index (χ0) is 20.4. The van der Waals surface area contributed by atoms with E-state index in [1.54, 1.807) is 10.6 Å². The van der Waals surface area contributed by atoms with Crippen molar-refractivity contribution in [1.29, 1.82) is 0 Å². The SMILES string of the molecule is C[C@H]1CN(C(=O)CSc2nc3ccccc3c(=O)n2C[C@@H]2CCCO2)C[C@H](C)O1. The standard InChI is InChI=1S/C21H27N3O4S/c1-14-10-23(11-15(2)28-14)19(25)13-29-21-22-18-8-4-3-7-17(18)20(26)24(21)12-16-6-5-9-27-16/h3-4,7-8,14-16H,5-6,9-13H2,1-2H3/t14-,15-,16-/m0/s1. The molecule has 156 valence electrons. The molecule has 1 amide bonds. The van der Waals surface area contributed by atoms with Gasteiger partial charge in [0.1, 0.15) is 0 Å². The number of rotatable bonds is 5. The Bertz CT molecular complexity index is 931. The zero-order valence-electron chi connectivity index (χ0n) is 16.9. The topological polar surface area (TPSA) is 73.7 Å². The first kappa shape index (κ1) is 20.4. The summed E-state index contributed by atoms with van der Waals surface area (Å²) in [6.45, 7) is 6.35. The smallest absolute Gasteiger partial charge is 0.262 e. The van der Waals surface area contributed by atoms with Gasteiger partial charge in [0.2, 0.25) is 5.91 Å². The molecule has 0 N–H and O–H groups in total. The molecule has 1 aromatic heterocycles. The van der Waals surface area contributed by atoms with E-state index >= 15 is 0 Å². The number of para-hydroxylation sites is 1. The van der Waals surface area contributed by atoms with Crippen molar-refractivity contribution in [3.63, 3.8) is 0 Å². The first-order valence-electron chi connectivity index (χ1n) is 10.2. The molecule has 0 saturated carbocycles. The van der Waals surface area contributed by atoms with Gasteiger partial charge in [-0.15, -0.1) is 0 Å². The average Bonchev–Trinajstić information content (AvgIpc) is 3.21. The number of carbonyl (C=O) groups is 1. The van der Waals surface area contributed by atoms with Crippen LogP contribution in [-0.2, 0) is 20.8 Å². The van der Waals surface area contributed by atoms with Crippen molar-refractivity contribution in [2.75, 3.05) is 25.4 Å². The Morgan fingerprint density at radius 2 is 2.00 bits per heavy atom. The van der Waals surface area contributed by atoms with E-state index in [1.165, 1.54) is 11.8 Å². The van der Waals surface area contributed by atoms with Crippen LogP contribution in [0.3, 0.4) is 0 Å². The molecule has 4 rings (SSSR count). The number of hydrogen-bond acceptors (Lipinski definition) is 6. The van der Waals surface area contributed by atoms with Crippen LogP contribution in [0.5, 0.6) is 0 Å². The highest BCUT2D eigenvalue weighted by Crippen LogP contribution is 2.22. The molecule has 0 unspecified atom stereocenters. The quantitative estimate of drug-likeness (QED) is 0.549. The van der Waals surface area contributed by atoms with Crippen LogP contribution in [0.4, 0.5) is 0 Å². The molecule has 0 radical (unpaired) electrons. The summed E-state index contributed by atoms with van der Waals surface area (Å²) in [6.07, 6.45) is 2.03. The number of thioether (sulfide) groups is 1. The van der Waals surface area contributed by atoms with E-state index < -0.39 is 0 Å². The number of ether oxygens (including phenoxy) is 2. The minimum Gasteiger partial charge on any atom is -0.376 e. The molecule has 0 spiro atoms. The van der Waals surface area contributed by atoms with Crippen LogP contribution >= 0.6 is 11.8 Å². The van der Waals surface area contributed by atoms with Crippen LogP contribution in [0.2, 0.25) is 0 Å². The maximum atomic E-state index is 13.1. The second-order valence-corrected chi connectivity index (χ2v) is 8.75. The van der Waals surface area contributed by atoms with Crippen LogP contribution in [0.25, 0.3) is 10.9 Å². The summed E-state index contributed by atoms with van der Waals surface area (Å²) >= 11 is 1.33. The molecule has 1 aromatic carbocycles. The molecule has 7 nitrogen and oxygen atoms in total. The minimum absolute atomic E-state index is 0.0201. The maximum absolute atomic E-state index is 13.1. The monoisotopic (exact) mass is 417 g/mol. The molecule has 2 aromatic rings. The number of morpholine rings is 1. The second kappa shape index (κ2) is 8.85. The third kappa shape index (κ3) is 4.65. The highest BCUT2D eigenvalue weighted by molar-refractivity contribution is 7.99. The predicted molar refractivity (Wildman–Crippen MR) is 112 cm³/mol. The molecular formula is C21H27N3O4S. The van der Waals surface area contributed by atoms with Crippen molar-refractivity contribution in [2.45, 2.75) is 56.7 Å². The van der Waals surface area contributed by atoms with Gasteiger partial charge in [-0.05, 0) is 38.8 Å². The van der Waals surface area contributed by atoms with Gasteiger partial charge >= 0.3 is 0 Å². The lowest BCUT2D eigenvalue weighted by atomic mass is 10.2. The Labute approximate surface area is 174 Å². The molecule has 2 saturated heterocycles. The van der Waals surface area contributed by atoms with E-state index in [0.717, 1.165) is 19.4 Å². The van der Waals surface area contributed by atoms with E-state index in [9.17, 15) is 9.59 Å². The Morgan fingerprint density at radius 1 is 1.24 bits per heavy atom. The highest BCUT2D eigenvalue weighted by Gasteiger charge is 2.26. The first-order chi connectivity index (χ1) is 14.0. The molecule has 2 fully saturated rings. The molecule has 8 heteroatoms. The normalized spacial score (nSPS) is 24.9. The average molecular weight is 418 g/mol. The third-order valence-electron chi connectivity index (χ3n) is 5.33. The van der Waals surface area contributed by atoms with Crippen LogP contribution in [0.1, 0.15) is 26.7 Å². The molecule has 2 aliphatic heterocycles. The van der Waals surface area contributed by atoms with Gasteiger partial charge in [0.25, 0.3) is 5.56 Å². The lowest BCUT2D eigenvalue weighted by molar-refractivity contribution is -0.140. The van der Waals surface area contributed by atoms with Crippen molar-refractivity contribution in [2.24, 2.45) is 0 Å². The zero-order valence-corrected chi connectivity index (χ0v) is 17.7. The van der Waals surface area contributed by atoms with E-state index in [2.05, 4.69) is 0 Å². The lowest BCUT2D eigenvalue weighted by Gasteiger charge is -2.35. The van der Waals surface area contributed by atoms with Crippen LogP contribution < -0.4 is 5.56 Å². The fraction of sp³-hybridized carbons (Fsp3) is 0.571. The van der Waals surface area contributed by atoms with Crippen molar-refractivity contribution in [1.82, 2.24) is 14.5 Å². The van der Waals surface area contributed by atoms with Gasteiger partial charge in [-0.2, -0.15) is 0 Å². The van der Waals surface area contributed by atoms with Crippen LogP contribution in [0, 0.1) is 0 Å². The minimum atomic E-state index is -0.0744. The Kier molecular flexibility index (Phi) is 6.22. The van der Waals surface area contributed by atoms with E-state index in [-0.39, 0.29) is 35.5 Å². The molecule has 3 atom stereocenters. The number of benzene rings is 1. The lowest BCUT2D eigenvalue weighted by Crippen LogP contribution is -2.48. The predicted octanol–water partition coefficient (Wildman–Crippen LogP) is 2.30. The summed E-state index contributed by atoms with van der Waals surface area (Å²) in [5.74, 6) is 0.290. The summed E-state index contributed by atoms with van der Waals surface area (Å²) in [6, 6.07) is 7.35. The number of hydrogen-bond donors (Lipinski definition) is 0. The third-order valence-corrected chi connectivity index (χ3v) is 6.30. The van der Waals surface area contributed by atoms with Gasteiger partial charge in [-0.3, -0.25) is 14.2 Å². The van der Waals surface area contributed by atoms with Crippen molar-refractivity contribution in [3.05, 3.63) is 34.6 Å². The molecule has 3 heterocycles. The molecule has 29 heavy (non-hydrogen) atoms. The molecular weight excluding hydrogens is 390 g/mol. The number of fused-ring (bicyclic) bond motifs is 1. The summed E-state index contributed by atoms with van der Waals surface area (Å²) in [5, 5.41) is 1.17. The van der Waals surface area contributed by atoms with Crippen LogP contribution in [-0.4, -0.2) is 64.1 Å². The van der Waals surface area contributed by atoms with Gasteiger partial charge in [0, 0.05) is 19.7 Å². The first-order valence-corrected chi connectivity index (χ1v) is 11.2. The number of carbonyl (C=O) groups excluding carboxylic acids is 1. The number of nitrogens with zero attached hydrogens (tertiary/aromatic N) is 3. The summed E-state index contributed by atoms with van der Waals surface area (Å²) < 4.78 is 13.1. The van der Waals surface area contributed by atoms with Gasteiger partial charge in [0.05, 0.1) is 41.5 Å². The van der Waals surface area contributed by atoms with Crippen molar-refractivity contribution < 1.29 is 14.3 Å².